The van der Waals surface area contributed by atoms with Crippen LogP contribution in [-0.4, -0.2) is 13.2 Å². The normalized spacial score (nSPS) is 12.9. The molecule has 1 aliphatic rings. The Kier molecular flexibility index (Phi) is 3.68. The van der Waals surface area contributed by atoms with Gasteiger partial charge in [-0.05, 0) is 12.1 Å². The van der Waals surface area contributed by atoms with Gasteiger partial charge in [0.2, 0.25) is 0 Å². The van der Waals surface area contributed by atoms with Crippen LogP contribution in [0.5, 0.6) is 5.75 Å². The largest absolute Gasteiger partial charge is 0.486 e. The molecule has 0 aliphatic carbocycles. The monoisotopic (exact) mass is 201 g/mol. The lowest BCUT2D eigenvalue weighted by Gasteiger charge is -2.19. The summed E-state index contributed by atoms with van der Waals surface area (Å²) in [5.41, 5.74) is 0.126. The molecule has 1 N–H and O–H groups in total. The van der Waals surface area contributed by atoms with Gasteiger partial charge in [-0.1, -0.05) is 13.8 Å². The van der Waals surface area contributed by atoms with Gasteiger partial charge in [0.1, 0.15) is 18.1 Å². The summed E-state index contributed by atoms with van der Waals surface area (Å²) < 4.78 is 30.8. The van der Waals surface area contributed by atoms with Gasteiger partial charge in [-0.25, -0.2) is 8.78 Å². The molecule has 1 aromatic carbocycles. The minimum Gasteiger partial charge on any atom is -0.486 e. The van der Waals surface area contributed by atoms with Gasteiger partial charge in [-0.15, -0.1) is 0 Å². The van der Waals surface area contributed by atoms with Gasteiger partial charge < -0.3 is 10.1 Å². The number of benzene rings is 1. The fraction of sp³-hybridized carbons (Fsp3) is 0.400. The Hall–Kier alpha value is -1.32. The van der Waals surface area contributed by atoms with Crippen molar-refractivity contribution in [2.75, 3.05) is 18.5 Å². The van der Waals surface area contributed by atoms with Crippen molar-refractivity contribution in [3.8, 4) is 5.75 Å². The van der Waals surface area contributed by atoms with Crippen LogP contribution in [0.4, 0.5) is 14.5 Å². The number of fused-ring (bicyclic) bond motifs is 1. The Morgan fingerprint density at radius 3 is 2.50 bits per heavy atom. The fourth-order valence-corrected chi connectivity index (χ4v) is 1.17. The molecule has 0 atom stereocenters. The summed E-state index contributed by atoms with van der Waals surface area (Å²) in [6.45, 7) is 4.88. The van der Waals surface area contributed by atoms with Crippen molar-refractivity contribution < 1.29 is 13.5 Å². The highest BCUT2D eigenvalue weighted by molar-refractivity contribution is 5.59. The molecule has 1 aliphatic heterocycles. The Morgan fingerprint density at radius 2 is 1.86 bits per heavy atom. The molecule has 2 nitrogen and oxygen atoms in total. The van der Waals surface area contributed by atoms with E-state index in [1.165, 1.54) is 0 Å². The van der Waals surface area contributed by atoms with E-state index in [2.05, 4.69) is 5.32 Å². The molecule has 0 bridgehead atoms. The van der Waals surface area contributed by atoms with E-state index >= 15 is 0 Å². The Labute approximate surface area is 81.9 Å². The summed E-state index contributed by atoms with van der Waals surface area (Å²) >= 11 is 0. The van der Waals surface area contributed by atoms with Crippen LogP contribution in [0.2, 0.25) is 0 Å². The predicted molar refractivity (Wildman–Crippen MR) is 51.7 cm³/mol. The van der Waals surface area contributed by atoms with E-state index in [4.69, 9.17) is 4.74 Å². The molecule has 0 radical (unpaired) electrons. The van der Waals surface area contributed by atoms with Crippen LogP contribution >= 0.6 is 0 Å². The molecule has 0 saturated carbocycles. The zero-order valence-electron chi connectivity index (χ0n) is 8.23. The zero-order chi connectivity index (χ0) is 10.6. The van der Waals surface area contributed by atoms with E-state index < -0.39 is 11.6 Å². The maximum atomic E-state index is 12.9. The summed E-state index contributed by atoms with van der Waals surface area (Å²) in [6, 6.07) is 2.14. The summed E-state index contributed by atoms with van der Waals surface area (Å²) in [4.78, 5) is 0. The second kappa shape index (κ2) is 4.79. The minimum absolute atomic E-state index is 0.0127. The molecule has 0 aromatic heterocycles. The number of hydrogen-bond acceptors (Lipinski definition) is 2. The van der Waals surface area contributed by atoms with Gasteiger partial charge in [-0.3, -0.25) is 0 Å². The first kappa shape index (κ1) is 10.8. The zero-order valence-corrected chi connectivity index (χ0v) is 8.23. The number of halogens is 2. The lowest BCUT2D eigenvalue weighted by atomic mass is 10.2. The average Bonchev–Trinajstić information content (AvgIpc) is 2.27. The van der Waals surface area contributed by atoms with Gasteiger partial charge in [0.05, 0.1) is 0 Å². The highest BCUT2D eigenvalue weighted by atomic mass is 19.1. The van der Waals surface area contributed by atoms with E-state index in [1.54, 1.807) is 0 Å². The second-order valence-corrected chi connectivity index (χ2v) is 2.51. The van der Waals surface area contributed by atoms with Crippen molar-refractivity contribution >= 4 is 5.69 Å². The average molecular weight is 201 g/mol. The van der Waals surface area contributed by atoms with Crippen LogP contribution in [-0.2, 0) is 0 Å². The topological polar surface area (TPSA) is 21.3 Å². The molecule has 1 aromatic rings. The SMILES string of the molecule is CC.Fc1ccc(F)c2c1NCCO2. The molecule has 1 heterocycles. The minimum atomic E-state index is -0.529. The number of ether oxygens (including phenoxy) is 1. The first-order chi connectivity index (χ1) is 6.79. The number of rotatable bonds is 0. The molecule has 0 amide bonds. The van der Waals surface area contributed by atoms with Crippen LogP contribution in [0, 0.1) is 11.6 Å². The molecule has 0 fully saturated rings. The van der Waals surface area contributed by atoms with Gasteiger partial charge in [0.25, 0.3) is 0 Å². The van der Waals surface area contributed by atoms with Crippen molar-refractivity contribution in [2.45, 2.75) is 13.8 Å². The lowest BCUT2D eigenvalue weighted by Crippen LogP contribution is -2.19. The first-order valence-corrected chi connectivity index (χ1v) is 4.64. The van der Waals surface area contributed by atoms with E-state index in [9.17, 15) is 8.78 Å². The molecule has 78 valence electrons. The third-order valence-corrected chi connectivity index (χ3v) is 1.71. The summed E-state index contributed by atoms with van der Waals surface area (Å²) in [5.74, 6) is -1.02. The predicted octanol–water partition coefficient (Wildman–Crippen LogP) is 2.80. The van der Waals surface area contributed by atoms with E-state index in [0.29, 0.717) is 13.2 Å². The van der Waals surface area contributed by atoms with Gasteiger partial charge >= 0.3 is 0 Å². The molecule has 0 spiro atoms. The number of nitrogens with one attached hydrogen (secondary N) is 1. The Bertz CT molecular complexity index is 284. The standard InChI is InChI=1S/C8H7F2NO.C2H6/c9-5-1-2-6(10)8-7(5)11-3-4-12-8;1-2/h1-2,11H,3-4H2;1-2H3. The van der Waals surface area contributed by atoms with E-state index in [-0.39, 0.29) is 11.4 Å². The highest BCUT2D eigenvalue weighted by Crippen LogP contribution is 2.32. The first-order valence-electron chi connectivity index (χ1n) is 4.64. The number of hydrogen-bond donors (Lipinski definition) is 1. The van der Waals surface area contributed by atoms with Crippen LogP contribution in [0.15, 0.2) is 12.1 Å². The number of anilines is 1. The lowest BCUT2D eigenvalue weighted by molar-refractivity contribution is 0.303. The maximum Gasteiger partial charge on any atom is 0.181 e. The van der Waals surface area contributed by atoms with Crippen LogP contribution in [0.1, 0.15) is 13.8 Å². The summed E-state index contributed by atoms with van der Waals surface area (Å²) in [7, 11) is 0. The molecule has 0 unspecified atom stereocenters. The Morgan fingerprint density at radius 1 is 1.21 bits per heavy atom. The molecule has 0 saturated heterocycles. The molecule has 4 heteroatoms. The fourth-order valence-electron chi connectivity index (χ4n) is 1.17. The van der Waals surface area contributed by atoms with Gasteiger partial charge in [-0.2, -0.15) is 0 Å². The maximum absolute atomic E-state index is 12.9. The third kappa shape index (κ3) is 1.95. The van der Waals surface area contributed by atoms with E-state index in [0.717, 1.165) is 12.1 Å². The summed E-state index contributed by atoms with van der Waals surface area (Å²) in [5, 5.41) is 2.73. The third-order valence-electron chi connectivity index (χ3n) is 1.71. The molecular weight excluding hydrogens is 188 g/mol. The van der Waals surface area contributed by atoms with Crippen molar-refractivity contribution in [1.82, 2.24) is 0 Å². The van der Waals surface area contributed by atoms with E-state index in [1.807, 2.05) is 13.8 Å². The quantitative estimate of drug-likeness (QED) is 0.696. The van der Waals surface area contributed by atoms with Crippen molar-refractivity contribution in [3.63, 3.8) is 0 Å². The van der Waals surface area contributed by atoms with Gasteiger partial charge in [0, 0.05) is 6.54 Å². The van der Waals surface area contributed by atoms with Crippen LogP contribution in [0.3, 0.4) is 0 Å². The highest BCUT2D eigenvalue weighted by Gasteiger charge is 2.17. The van der Waals surface area contributed by atoms with Crippen molar-refractivity contribution in [1.29, 1.82) is 0 Å². The smallest absolute Gasteiger partial charge is 0.181 e. The van der Waals surface area contributed by atoms with Crippen LogP contribution < -0.4 is 10.1 Å². The van der Waals surface area contributed by atoms with Crippen molar-refractivity contribution in [2.24, 2.45) is 0 Å². The molecular formula is C10H13F2NO. The van der Waals surface area contributed by atoms with Crippen LogP contribution in [0.25, 0.3) is 0 Å². The Balaban J connectivity index is 0.000000461. The molecule has 2 rings (SSSR count). The van der Waals surface area contributed by atoms with Gasteiger partial charge in [0.15, 0.2) is 11.6 Å². The molecule has 14 heavy (non-hydrogen) atoms. The van der Waals surface area contributed by atoms with Crippen molar-refractivity contribution in [3.05, 3.63) is 23.8 Å². The second-order valence-electron chi connectivity index (χ2n) is 2.51. The summed E-state index contributed by atoms with van der Waals surface area (Å²) in [6.07, 6.45) is 0.